The van der Waals surface area contributed by atoms with Crippen LogP contribution in [0, 0.1) is 18.8 Å². The molecule has 6 rings (SSSR count). The van der Waals surface area contributed by atoms with Gasteiger partial charge < -0.3 is 15.4 Å². The summed E-state index contributed by atoms with van der Waals surface area (Å²) in [5, 5.41) is 0. The second kappa shape index (κ2) is 10.3. The molecule has 200 valence electrons. The lowest BCUT2D eigenvalue weighted by Gasteiger charge is -2.43. The van der Waals surface area contributed by atoms with Crippen LogP contribution in [0.15, 0.2) is 77.8 Å². The second-order valence-electron chi connectivity index (χ2n) is 10.8. The molecule has 0 radical (unpaired) electrons. The van der Waals surface area contributed by atoms with Crippen LogP contribution >= 0.6 is 0 Å². The number of hydrogen-bond donors (Lipinski definition) is 1. The number of hydrogen-bond acceptors (Lipinski definition) is 6. The van der Waals surface area contributed by atoms with Crippen LogP contribution in [0.5, 0.6) is 5.75 Å². The molecule has 2 aliphatic heterocycles. The third-order valence-corrected chi connectivity index (χ3v) is 8.25. The Hall–Kier alpha value is -4.04. The summed E-state index contributed by atoms with van der Waals surface area (Å²) in [5.74, 6) is 1.01. The third kappa shape index (κ3) is 4.59. The van der Waals surface area contributed by atoms with Crippen LogP contribution < -0.4 is 16.0 Å². The van der Waals surface area contributed by atoms with Gasteiger partial charge in [-0.15, -0.1) is 0 Å². The van der Waals surface area contributed by atoms with Crippen molar-refractivity contribution in [1.29, 1.82) is 0 Å². The van der Waals surface area contributed by atoms with Gasteiger partial charge in [0.15, 0.2) is 0 Å². The van der Waals surface area contributed by atoms with Crippen molar-refractivity contribution in [3.05, 3.63) is 112 Å². The van der Waals surface area contributed by atoms with Crippen molar-refractivity contribution < 1.29 is 9.53 Å². The molecule has 39 heavy (non-hydrogen) atoms. The molecule has 1 fully saturated rings. The molecule has 1 saturated heterocycles. The molecule has 0 bridgehead atoms. The fourth-order valence-electron chi connectivity index (χ4n) is 5.93. The molecule has 1 amide bonds. The van der Waals surface area contributed by atoms with Gasteiger partial charge in [0.2, 0.25) is 5.75 Å². The Bertz CT molecular complexity index is 1500. The van der Waals surface area contributed by atoms with E-state index in [0.717, 1.165) is 11.3 Å². The lowest BCUT2D eigenvalue weighted by Crippen LogP contribution is -2.49. The number of nitrogens with two attached hydrogens (primary N) is 1. The minimum Gasteiger partial charge on any atom is -0.478 e. The summed E-state index contributed by atoms with van der Waals surface area (Å²) in [4.78, 5) is 39.4. The summed E-state index contributed by atoms with van der Waals surface area (Å²) in [6.07, 6.45) is 9.90. The lowest BCUT2D eigenvalue weighted by atomic mass is 9.82. The third-order valence-electron chi connectivity index (χ3n) is 8.25. The van der Waals surface area contributed by atoms with Crippen molar-refractivity contribution in [3.63, 3.8) is 0 Å². The number of benzene rings is 1. The monoisotopic (exact) mass is 523 g/mol. The summed E-state index contributed by atoms with van der Waals surface area (Å²) >= 11 is 0. The van der Waals surface area contributed by atoms with Crippen molar-refractivity contribution in [3.8, 4) is 5.75 Å². The minimum atomic E-state index is -0.402. The molecule has 2 aromatic heterocycles. The number of carbonyl (C=O) groups is 1. The van der Waals surface area contributed by atoms with E-state index >= 15 is 0 Å². The van der Waals surface area contributed by atoms with Crippen molar-refractivity contribution in [2.75, 3.05) is 13.1 Å². The number of rotatable bonds is 5. The van der Waals surface area contributed by atoms with E-state index in [-0.39, 0.29) is 35.3 Å². The molecule has 1 aliphatic carbocycles. The van der Waals surface area contributed by atoms with Crippen LogP contribution in [-0.2, 0) is 6.54 Å². The topological polar surface area (TPSA) is 103 Å². The van der Waals surface area contributed by atoms with Crippen molar-refractivity contribution in [2.45, 2.75) is 44.9 Å². The number of nitrogens with zero attached hydrogens (tertiary/aromatic N) is 4. The number of pyridine rings is 1. The number of fused-ring (bicyclic) bond motifs is 3. The first-order valence-corrected chi connectivity index (χ1v) is 13.6. The largest absolute Gasteiger partial charge is 0.478 e. The Morgan fingerprint density at radius 2 is 1.92 bits per heavy atom. The number of likely N-dealkylation sites (tertiary alicyclic amines) is 1. The molecule has 0 saturated carbocycles. The van der Waals surface area contributed by atoms with Crippen molar-refractivity contribution in [1.82, 2.24) is 19.4 Å². The van der Waals surface area contributed by atoms with Gasteiger partial charge in [0.25, 0.3) is 11.5 Å². The Labute approximate surface area is 227 Å². The number of aryl methyl sites for hydroxylation is 1. The highest BCUT2D eigenvalue weighted by Crippen LogP contribution is 2.41. The summed E-state index contributed by atoms with van der Waals surface area (Å²) in [6.45, 7) is 5.36. The van der Waals surface area contributed by atoms with E-state index in [9.17, 15) is 9.59 Å². The first kappa shape index (κ1) is 25.2. The minimum absolute atomic E-state index is 0.131. The Morgan fingerprint density at radius 1 is 1.13 bits per heavy atom. The molecular weight excluding hydrogens is 490 g/mol. The highest BCUT2D eigenvalue weighted by Gasteiger charge is 2.42. The standard InChI is InChI=1S/C31H33N5O3/c1-19-14-25(35(18-23(19)15-32)30(37)22-13-12-20(2)33-16-22)29-34-27-24-10-6-7-11-26(24)39-28(27)31(38)36(29)17-21-8-4-3-5-9-21/h3-13,16,19,23-26H,14-15,17-18,32H2,1-2H3. The van der Waals surface area contributed by atoms with E-state index in [1.165, 1.54) is 0 Å². The maximum Gasteiger partial charge on any atom is 0.296 e. The van der Waals surface area contributed by atoms with E-state index in [2.05, 4.69) is 11.9 Å². The summed E-state index contributed by atoms with van der Waals surface area (Å²) in [6, 6.07) is 13.1. The zero-order valence-corrected chi connectivity index (χ0v) is 22.2. The molecule has 1 aromatic carbocycles. The predicted molar refractivity (Wildman–Crippen MR) is 149 cm³/mol. The zero-order chi connectivity index (χ0) is 27.1. The van der Waals surface area contributed by atoms with Crippen LogP contribution in [0.4, 0.5) is 0 Å². The average Bonchev–Trinajstić information content (AvgIpc) is 3.34. The van der Waals surface area contributed by atoms with E-state index < -0.39 is 6.04 Å². The zero-order valence-electron chi connectivity index (χ0n) is 22.2. The fourth-order valence-corrected chi connectivity index (χ4v) is 5.93. The molecule has 5 unspecified atom stereocenters. The molecule has 3 aromatic rings. The van der Waals surface area contributed by atoms with Crippen molar-refractivity contribution in [2.24, 2.45) is 17.6 Å². The highest BCUT2D eigenvalue weighted by molar-refractivity contribution is 5.94. The van der Waals surface area contributed by atoms with Gasteiger partial charge in [-0.2, -0.15) is 0 Å². The first-order chi connectivity index (χ1) is 18.9. The van der Waals surface area contributed by atoms with Crippen LogP contribution in [-0.4, -0.2) is 44.5 Å². The van der Waals surface area contributed by atoms with Gasteiger partial charge in [-0.1, -0.05) is 55.5 Å². The summed E-state index contributed by atoms with van der Waals surface area (Å²) in [5.41, 5.74) is 8.91. The predicted octanol–water partition coefficient (Wildman–Crippen LogP) is 3.76. The SMILES string of the molecule is Cc1ccc(C(=O)N2CC(CN)C(C)CC2c2nc3c(c(=O)n2Cc2ccccc2)OC2C=CC=CC32)cn1. The Morgan fingerprint density at radius 3 is 2.67 bits per heavy atom. The smallest absolute Gasteiger partial charge is 0.296 e. The maximum atomic E-state index is 14.1. The normalized spacial score (nSPS) is 25.2. The Kier molecular flexibility index (Phi) is 6.64. The van der Waals surface area contributed by atoms with Gasteiger partial charge in [0.1, 0.15) is 17.6 Å². The highest BCUT2D eigenvalue weighted by atomic mass is 16.5. The lowest BCUT2D eigenvalue weighted by molar-refractivity contribution is 0.0399. The number of aromatic nitrogens is 3. The van der Waals surface area contributed by atoms with E-state index in [4.69, 9.17) is 15.5 Å². The van der Waals surface area contributed by atoms with Crippen LogP contribution in [0.1, 0.15) is 58.4 Å². The molecule has 8 nitrogen and oxygen atoms in total. The molecule has 3 aliphatic rings. The fraction of sp³-hybridized carbons (Fsp3) is 0.355. The number of amides is 1. The summed E-state index contributed by atoms with van der Waals surface area (Å²) in [7, 11) is 0. The quantitative estimate of drug-likeness (QED) is 0.546. The second-order valence-corrected chi connectivity index (χ2v) is 10.8. The van der Waals surface area contributed by atoms with Gasteiger partial charge in [-0.3, -0.25) is 19.1 Å². The number of piperidine rings is 1. The molecule has 5 atom stereocenters. The van der Waals surface area contributed by atoms with E-state index in [0.29, 0.717) is 48.9 Å². The molecule has 8 heteroatoms. The Balaban J connectivity index is 1.50. The van der Waals surface area contributed by atoms with Crippen LogP contribution in [0.3, 0.4) is 0 Å². The van der Waals surface area contributed by atoms with Crippen LogP contribution in [0.2, 0.25) is 0 Å². The van der Waals surface area contributed by atoms with E-state index in [1.807, 2.05) is 78.6 Å². The number of carbonyl (C=O) groups excluding carboxylic acids is 1. The van der Waals surface area contributed by atoms with Gasteiger partial charge in [0.05, 0.1) is 24.1 Å². The molecule has 2 N–H and O–H groups in total. The number of ether oxygens (including phenoxy) is 1. The van der Waals surface area contributed by atoms with Gasteiger partial charge in [-0.05, 0) is 55.5 Å². The van der Waals surface area contributed by atoms with Gasteiger partial charge in [-0.25, -0.2) is 4.98 Å². The summed E-state index contributed by atoms with van der Waals surface area (Å²) < 4.78 is 7.83. The number of allylic oxidation sites excluding steroid dienone is 2. The molecular formula is C31H33N5O3. The maximum absolute atomic E-state index is 14.1. The van der Waals surface area contributed by atoms with Gasteiger partial charge >= 0.3 is 0 Å². The van der Waals surface area contributed by atoms with Crippen LogP contribution in [0.25, 0.3) is 0 Å². The first-order valence-electron chi connectivity index (χ1n) is 13.6. The van der Waals surface area contributed by atoms with Gasteiger partial charge in [0, 0.05) is 18.4 Å². The molecule has 0 spiro atoms. The molecule has 4 heterocycles. The van der Waals surface area contributed by atoms with E-state index in [1.54, 1.807) is 10.8 Å². The average molecular weight is 524 g/mol. The van der Waals surface area contributed by atoms with Crippen molar-refractivity contribution >= 4 is 5.91 Å².